The number of aryl methyl sites for hydroxylation is 3. The average Bonchev–Trinajstić information content (AvgIpc) is 2.12. The van der Waals surface area contributed by atoms with E-state index in [2.05, 4.69) is 44.9 Å². The van der Waals surface area contributed by atoms with Crippen molar-refractivity contribution in [2.75, 3.05) is 25.0 Å². The van der Waals surface area contributed by atoms with Crippen LogP contribution in [-0.4, -0.2) is 20.1 Å². The molecule has 1 aromatic carbocycles. The molecule has 84 valence electrons. The number of nitrogens with zero attached hydrogens (tertiary/aromatic N) is 1. The summed E-state index contributed by atoms with van der Waals surface area (Å²) in [5.41, 5.74) is 10.9. The van der Waals surface area contributed by atoms with E-state index in [0.717, 1.165) is 19.5 Å². The summed E-state index contributed by atoms with van der Waals surface area (Å²) < 4.78 is 0. The molecule has 0 aliphatic heterocycles. The van der Waals surface area contributed by atoms with Crippen molar-refractivity contribution in [1.29, 1.82) is 0 Å². The third-order valence-corrected chi connectivity index (χ3v) is 2.71. The number of nitrogens with two attached hydrogens (primary N) is 1. The van der Waals surface area contributed by atoms with Crippen molar-refractivity contribution in [2.24, 2.45) is 5.73 Å². The zero-order valence-corrected chi connectivity index (χ0v) is 10.3. The molecule has 0 unspecified atom stereocenters. The van der Waals surface area contributed by atoms with E-state index in [-0.39, 0.29) is 0 Å². The Balaban J connectivity index is 2.92. The van der Waals surface area contributed by atoms with E-state index in [9.17, 15) is 0 Å². The van der Waals surface area contributed by atoms with E-state index < -0.39 is 0 Å². The maximum Gasteiger partial charge on any atom is 0.0423 e. The van der Waals surface area contributed by atoms with Gasteiger partial charge in [-0.25, -0.2) is 0 Å². The lowest BCUT2D eigenvalue weighted by molar-refractivity contribution is 0.791. The molecule has 0 aromatic heterocycles. The predicted octanol–water partition coefficient (Wildman–Crippen LogP) is 2.40. The maximum atomic E-state index is 5.53. The third kappa shape index (κ3) is 2.96. The third-order valence-electron chi connectivity index (χ3n) is 2.71. The first-order valence-electron chi connectivity index (χ1n) is 5.55. The van der Waals surface area contributed by atoms with Gasteiger partial charge in [0.25, 0.3) is 0 Å². The monoisotopic (exact) mass is 206 g/mol. The highest BCUT2D eigenvalue weighted by Crippen LogP contribution is 2.25. The molecule has 0 aliphatic rings. The lowest BCUT2D eigenvalue weighted by atomic mass is 10.0. The highest BCUT2D eigenvalue weighted by molar-refractivity contribution is 5.59. The second-order valence-electron chi connectivity index (χ2n) is 4.31. The Hall–Kier alpha value is -1.02. The number of hydrogen-bond acceptors (Lipinski definition) is 2. The minimum absolute atomic E-state index is 0.758. The molecule has 0 fully saturated rings. The molecule has 0 aliphatic carbocycles. The minimum Gasteiger partial charge on any atom is -0.374 e. The van der Waals surface area contributed by atoms with Crippen LogP contribution in [0, 0.1) is 20.8 Å². The SMILES string of the molecule is Cc1cc(C)c(N(C)CCCN)c(C)c1. The second kappa shape index (κ2) is 5.17. The van der Waals surface area contributed by atoms with Gasteiger partial charge in [0, 0.05) is 19.3 Å². The molecule has 0 bridgehead atoms. The summed E-state index contributed by atoms with van der Waals surface area (Å²) in [4.78, 5) is 2.30. The molecule has 0 saturated carbocycles. The molecule has 0 radical (unpaired) electrons. The molecule has 0 heterocycles. The van der Waals surface area contributed by atoms with Crippen molar-refractivity contribution in [3.8, 4) is 0 Å². The van der Waals surface area contributed by atoms with Gasteiger partial charge < -0.3 is 10.6 Å². The Morgan fingerprint density at radius 1 is 1.13 bits per heavy atom. The fourth-order valence-corrected chi connectivity index (χ4v) is 2.21. The lowest BCUT2D eigenvalue weighted by Crippen LogP contribution is -2.22. The van der Waals surface area contributed by atoms with Crippen LogP contribution in [0.25, 0.3) is 0 Å². The highest BCUT2D eigenvalue weighted by atomic mass is 15.1. The van der Waals surface area contributed by atoms with Crippen LogP contribution in [0.2, 0.25) is 0 Å². The Bertz CT molecular complexity index is 308. The summed E-state index contributed by atoms with van der Waals surface area (Å²) in [5, 5.41) is 0. The first-order chi connectivity index (χ1) is 7.06. The van der Waals surface area contributed by atoms with Crippen LogP contribution in [0.1, 0.15) is 23.1 Å². The summed E-state index contributed by atoms with van der Waals surface area (Å²) in [6.07, 6.45) is 1.04. The number of rotatable bonds is 4. The number of hydrogen-bond donors (Lipinski definition) is 1. The summed E-state index contributed by atoms with van der Waals surface area (Å²) in [6, 6.07) is 4.47. The second-order valence-corrected chi connectivity index (χ2v) is 4.31. The predicted molar refractivity (Wildman–Crippen MR) is 67.6 cm³/mol. The smallest absolute Gasteiger partial charge is 0.0423 e. The van der Waals surface area contributed by atoms with Gasteiger partial charge in [-0.2, -0.15) is 0 Å². The zero-order chi connectivity index (χ0) is 11.4. The maximum absolute atomic E-state index is 5.53. The molecule has 0 spiro atoms. The van der Waals surface area contributed by atoms with E-state index in [1.807, 2.05) is 0 Å². The van der Waals surface area contributed by atoms with Crippen LogP contribution in [0.15, 0.2) is 12.1 Å². The Morgan fingerprint density at radius 3 is 2.13 bits per heavy atom. The summed E-state index contributed by atoms with van der Waals surface area (Å²) >= 11 is 0. The van der Waals surface area contributed by atoms with Crippen molar-refractivity contribution in [1.82, 2.24) is 0 Å². The first-order valence-corrected chi connectivity index (χ1v) is 5.55. The summed E-state index contributed by atoms with van der Waals surface area (Å²) in [6.45, 7) is 8.28. The highest BCUT2D eigenvalue weighted by Gasteiger charge is 2.07. The normalized spacial score (nSPS) is 10.5. The van der Waals surface area contributed by atoms with Crippen LogP contribution in [-0.2, 0) is 0 Å². The van der Waals surface area contributed by atoms with Gasteiger partial charge in [-0.05, 0) is 44.9 Å². The van der Waals surface area contributed by atoms with Crippen molar-refractivity contribution in [2.45, 2.75) is 27.2 Å². The Morgan fingerprint density at radius 2 is 1.67 bits per heavy atom. The van der Waals surface area contributed by atoms with Crippen LogP contribution < -0.4 is 10.6 Å². The molecule has 0 amide bonds. The lowest BCUT2D eigenvalue weighted by Gasteiger charge is -2.24. The molecule has 0 saturated heterocycles. The Kier molecular flexibility index (Phi) is 4.15. The van der Waals surface area contributed by atoms with Crippen LogP contribution in [0.4, 0.5) is 5.69 Å². The molecular formula is C13H22N2. The van der Waals surface area contributed by atoms with E-state index in [4.69, 9.17) is 5.73 Å². The first kappa shape index (κ1) is 12.1. The van der Waals surface area contributed by atoms with E-state index >= 15 is 0 Å². The summed E-state index contributed by atoms with van der Waals surface area (Å²) in [5.74, 6) is 0. The van der Waals surface area contributed by atoms with Gasteiger partial charge in [-0.15, -0.1) is 0 Å². The molecule has 1 rings (SSSR count). The minimum atomic E-state index is 0.758. The van der Waals surface area contributed by atoms with Crippen molar-refractivity contribution >= 4 is 5.69 Å². The molecule has 15 heavy (non-hydrogen) atoms. The van der Waals surface area contributed by atoms with Gasteiger partial charge in [0.05, 0.1) is 0 Å². The largest absolute Gasteiger partial charge is 0.374 e. The van der Waals surface area contributed by atoms with Gasteiger partial charge in [-0.3, -0.25) is 0 Å². The number of benzene rings is 1. The van der Waals surface area contributed by atoms with Crippen LogP contribution in [0.5, 0.6) is 0 Å². The van der Waals surface area contributed by atoms with Crippen molar-refractivity contribution in [3.05, 3.63) is 28.8 Å². The van der Waals surface area contributed by atoms with E-state index in [1.54, 1.807) is 0 Å². The molecular weight excluding hydrogens is 184 g/mol. The number of anilines is 1. The van der Waals surface area contributed by atoms with E-state index in [1.165, 1.54) is 22.4 Å². The summed E-state index contributed by atoms with van der Waals surface area (Å²) in [7, 11) is 2.14. The Labute approximate surface area is 93.1 Å². The van der Waals surface area contributed by atoms with Crippen LogP contribution in [0.3, 0.4) is 0 Å². The van der Waals surface area contributed by atoms with Crippen molar-refractivity contribution < 1.29 is 0 Å². The topological polar surface area (TPSA) is 29.3 Å². The fraction of sp³-hybridized carbons (Fsp3) is 0.538. The zero-order valence-electron chi connectivity index (χ0n) is 10.3. The van der Waals surface area contributed by atoms with Gasteiger partial charge in [-0.1, -0.05) is 17.7 Å². The molecule has 1 aromatic rings. The van der Waals surface area contributed by atoms with Gasteiger partial charge in [0.1, 0.15) is 0 Å². The van der Waals surface area contributed by atoms with Gasteiger partial charge in [0.15, 0.2) is 0 Å². The van der Waals surface area contributed by atoms with Crippen molar-refractivity contribution in [3.63, 3.8) is 0 Å². The van der Waals surface area contributed by atoms with Gasteiger partial charge in [0.2, 0.25) is 0 Å². The molecule has 2 heteroatoms. The molecule has 0 atom stereocenters. The van der Waals surface area contributed by atoms with E-state index in [0.29, 0.717) is 0 Å². The quantitative estimate of drug-likeness (QED) is 0.819. The molecule has 2 nitrogen and oxygen atoms in total. The standard InChI is InChI=1S/C13H22N2/c1-10-8-11(2)13(12(3)9-10)15(4)7-5-6-14/h8-9H,5-7,14H2,1-4H3. The average molecular weight is 206 g/mol. The fourth-order valence-electron chi connectivity index (χ4n) is 2.21. The molecule has 2 N–H and O–H groups in total. The van der Waals surface area contributed by atoms with Gasteiger partial charge >= 0.3 is 0 Å². The van der Waals surface area contributed by atoms with Crippen LogP contribution >= 0.6 is 0 Å².